The van der Waals surface area contributed by atoms with E-state index in [2.05, 4.69) is 34.7 Å². The number of thiophene rings is 1. The number of nitrogens with zero attached hydrogens (tertiary/aromatic N) is 1. The van der Waals surface area contributed by atoms with E-state index in [1.54, 1.807) is 24.3 Å². The summed E-state index contributed by atoms with van der Waals surface area (Å²) in [5.41, 5.74) is 0.967. The van der Waals surface area contributed by atoms with Gasteiger partial charge in [0.1, 0.15) is 0 Å². The fourth-order valence-electron chi connectivity index (χ4n) is 2.23. The first-order valence-corrected chi connectivity index (χ1v) is 11.0. The van der Waals surface area contributed by atoms with Gasteiger partial charge in [-0.1, -0.05) is 19.1 Å². The van der Waals surface area contributed by atoms with Crippen molar-refractivity contribution in [3.63, 3.8) is 0 Å². The summed E-state index contributed by atoms with van der Waals surface area (Å²) in [6.07, 6.45) is 2.27. The van der Waals surface area contributed by atoms with Crippen LogP contribution in [0.25, 0.3) is 0 Å². The van der Waals surface area contributed by atoms with Crippen molar-refractivity contribution in [1.82, 2.24) is 10.6 Å². The minimum absolute atomic E-state index is 0.328. The molecule has 7 heteroatoms. The van der Waals surface area contributed by atoms with Gasteiger partial charge in [0, 0.05) is 22.6 Å². The maximum atomic E-state index is 11.5. The Kier molecular flexibility index (Phi) is 7.01. The molecule has 0 atom stereocenters. The molecule has 0 aliphatic heterocycles. The smallest absolute Gasteiger partial charge is 0.191 e. The molecule has 136 valence electrons. The summed E-state index contributed by atoms with van der Waals surface area (Å²) in [6, 6.07) is 11.2. The average molecular weight is 380 g/mol. The largest absolute Gasteiger partial charge is 0.357 e. The monoisotopic (exact) mass is 379 g/mol. The fourth-order valence-corrected chi connectivity index (χ4v) is 3.76. The van der Waals surface area contributed by atoms with Gasteiger partial charge in [-0.15, -0.1) is 11.3 Å². The number of hydrogen-bond acceptors (Lipinski definition) is 4. The second-order valence-electron chi connectivity index (χ2n) is 5.69. The molecule has 0 radical (unpaired) electrons. The lowest BCUT2D eigenvalue weighted by Crippen LogP contribution is -2.36. The Labute approximate surface area is 154 Å². The van der Waals surface area contributed by atoms with Crippen molar-refractivity contribution in [3.05, 3.63) is 51.7 Å². The number of aliphatic imine (C=N–C) groups is 1. The van der Waals surface area contributed by atoms with Gasteiger partial charge >= 0.3 is 0 Å². The summed E-state index contributed by atoms with van der Waals surface area (Å²) in [7, 11) is -3.16. The van der Waals surface area contributed by atoms with Crippen LogP contribution in [0.3, 0.4) is 0 Å². The zero-order valence-electron chi connectivity index (χ0n) is 14.9. The number of guanidine groups is 1. The van der Waals surface area contributed by atoms with Gasteiger partial charge in [0.15, 0.2) is 15.8 Å². The molecular formula is C18H25N3O2S2. The summed E-state index contributed by atoms with van der Waals surface area (Å²) in [6.45, 7) is 6.19. The molecule has 0 aliphatic rings. The Bertz CT molecular complexity index is 809. The molecule has 0 saturated heterocycles. The molecule has 0 fully saturated rings. The summed E-state index contributed by atoms with van der Waals surface area (Å²) in [5, 5.41) is 6.56. The average Bonchev–Trinajstić information content (AvgIpc) is 3.05. The number of aryl methyl sites for hydroxylation is 1. The predicted molar refractivity (Wildman–Crippen MR) is 105 cm³/mol. The third-order valence-corrected chi connectivity index (χ3v) is 5.97. The number of sulfone groups is 1. The van der Waals surface area contributed by atoms with Crippen LogP contribution in [0, 0.1) is 0 Å². The SMILES string of the molecule is CCNC(=NCc1ccc(S(C)(=O)=O)cc1)NCc1ccc(CC)s1. The Hall–Kier alpha value is -1.86. The summed E-state index contributed by atoms with van der Waals surface area (Å²) < 4.78 is 23.0. The van der Waals surface area contributed by atoms with Gasteiger partial charge in [-0.05, 0) is 43.2 Å². The van der Waals surface area contributed by atoms with E-state index in [-0.39, 0.29) is 0 Å². The number of nitrogens with one attached hydrogen (secondary N) is 2. The highest BCUT2D eigenvalue weighted by Gasteiger charge is 2.06. The van der Waals surface area contributed by atoms with Gasteiger partial charge in [0.05, 0.1) is 18.0 Å². The summed E-state index contributed by atoms with van der Waals surface area (Å²) in [5.74, 6) is 0.751. The van der Waals surface area contributed by atoms with Crippen LogP contribution in [0.4, 0.5) is 0 Å². The molecule has 0 saturated carbocycles. The molecular weight excluding hydrogens is 354 g/mol. The van der Waals surface area contributed by atoms with Gasteiger partial charge in [-0.2, -0.15) is 0 Å². The van der Waals surface area contributed by atoms with E-state index in [1.165, 1.54) is 16.0 Å². The van der Waals surface area contributed by atoms with Gasteiger partial charge in [-0.3, -0.25) is 0 Å². The maximum absolute atomic E-state index is 11.5. The van der Waals surface area contributed by atoms with E-state index in [9.17, 15) is 8.42 Å². The van der Waals surface area contributed by atoms with Crippen LogP contribution in [0.5, 0.6) is 0 Å². The molecule has 0 bridgehead atoms. The topological polar surface area (TPSA) is 70.6 Å². The quantitative estimate of drug-likeness (QED) is 0.573. The third kappa shape index (κ3) is 6.17. The highest BCUT2D eigenvalue weighted by atomic mass is 32.2. The van der Waals surface area contributed by atoms with Crippen molar-refractivity contribution in [2.75, 3.05) is 12.8 Å². The Balaban J connectivity index is 1.98. The molecule has 0 unspecified atom stereocenters. The minimum Gasteiger partial charge on any atom is -0.357 e. The fraction of sp³-hybridized carbons (Fsp3) is 0.389. The van der Waals surface area contributed by atoms with E-state index in [4.69, 9.17) is 0 Å². The predicted octanol–water partition coefficient (Wildman–Crippen LogP) is 2.97. The summed E-state index contributed by atoms with van der Waals surface area (Å²) in [4.78, 5) is 7.55. The van der Waals surface area contributed by atoms with Crippen molar-refractivity contribution in [3.8, 4) is 0 Å². The van der Waals surface area contributed by atoms with E-state index in [0.717, 1.165) is 31.0 Å². The van der Waals surface area contributed by atoms with Crippen molar-refractivity contribution in [2.45, 2.75) is 38.3 Å². The number of benzene rings is 1. The Morgan fingerprint density at radius 1 is 1.04 bits per heavy atom. The molecule has 0 amide bonds. The molecule has 2 rings (SSSR count). The van der Waals surface area contributed by atoms with Crippen molar-refractivity contribution < 1.29 is 8.42 Å². The summed E-state index contributed by atoms with van der Waals surface area (Å²) >= 11 is 1.81. The Morgan fingerprint density at radius 2 is 1.72 bits per heavy atom. The van der Waals surface area contributed by atoms with Crippen molar-refractivity contribution in [2.24, 2.45) is 4.99 Å². The standard InChI is InChI=1S/C18H25N3O2S2/c1-4-15-8-9-16(24-15)13-21-18(19-5-2)20-12-14-6-10-17(11-7-14)25(3,22)23/h6-11H,4-5,12-13H2,1-3H3,(H2,19,20,21). The van der Waals surface area contributed by atoms with Crippen LogP contribution in [-0.4, -0.2) is 27.2 Å². The highest BCUT2D eigenvalue weighted by Crippen LogP contribution is 2.16. The molecule has 1 aromatic carbocycles. The first-order chi connectivity index (χ1) is 11.9. The van der Waals surface area contributed by atoms with Crippen LogP contribution >= 0.6 is 11.3 Å². The first-order valence-electron chi connectivity index (χ1n) is 8.31. The molecule has 1 heterocycles. The zero-order chi connectivity index (χ0) is 18.3. The number of rotatable bonds is 7. The maximum Gasteiger partial charge on any atom is 0.191 e. The van der Waals surface area contributed by atoms with Crippen molar-refractivity contribution in [1.29, 1.82) is 0 Å². The van der Waals surface area contributed by atoms with Gasteiger partial charge in [0.25, 0.3) is 0 Å². The number of hydrogen-bond donors (Lipinski definition) is 2. The van der Waals surface area contributed by atoms with Gasteiger partial charge in [-0.25, -0.2) is 13.4 Å². The van der Waals surface area contributed by atoms with Crippen molar-refractivity contribution >= 4 is 27.1 Å². The van der Waals surface area contributed by atoms with E-state index in [1.807, 2.05) is 18.3 Å². The van der Waals surface area contributed by atoms with Crippen LogP contribution in [0.2, 0.25) is 0 Å². The zero-order valence-corrected chi connectivity index (χ0v) is 16.5. The molecule has 2 aromatic rings. The molecule has 5 nitrogen and oxygen atoms in total. The lowest BCUT2D eigenvalue weighted by molar-refractivity contribution is 0.602. The van der Waals surface area contributed by atoms with Gasteiger partial charge in [0.2, 0.25) is 0 Å². The molecule has 0 aliphatic carbocycles. The van der Waals surface area contributed by atoms with Gasteiger partial charge < -0.3 is 10.6 Å². The second kappa shape index (κ2) is 9.01. The molecule has 1 aromatic heterocycles. The van der Waals surface area contributed by atoms with E-state index >= 15 is 0 Å². The van der Waals surface area contributed by atoms with Crippen LogP contribution in [-0.2, 0) is 29.3 Å². The minimum atomic E-state index is -3.16. The van der Waals surface area contributed by atoms with Crippen LogP contribution in [0.1, 0.15) is 29.2 Å². The van der Waals surface area contributed by atoms with E-state index in [0.29, 0.717) is 11.4 Å². The normalized spacial score (nSPS) is 12.2. The lowest BCUT2D eigenvalue weighted by Gasteiger charge is -2.10. The molecule has 25 heavy (non-hydrogen) atoms. The first kappa shape index (κ1) is 19.5. The third-order valence-electron chi connectivity index (χ3n) is 3.61. The molecule has 0 spiro atoms. The lowest BCUT2D eigenvalue weighted by atomic mass is 10.2. The Morgan fingerprint density at radius 3 is 2.28 bits per heavy atom. The highest BCUT2D eigenvalue weighted by molar-refractivity contribution is 7.90. The molecule has 2 N–H and O–H groups in total. The van der Waals surface area contributed by atoms with E-state index < -0.39 is 9.84 Å². The second-order valence-corrected chi connectivity index (χ2v) is 8.96. The van der Waals surface area contributed by atoms with Crippen LogP contribution in [0.15, 0.2) is 46.3 Å². The van der Waals surface area contributed by atoms with Crippen LogP contribution < -0.4 is 10.6 Å².